The van der Waals surface area contributed by atoms with Crippen molar-refractivity contribution >= 4 is 17.7 Å². The van der Waals surface area contributed by atoms with Crippen LogP contribution >= 0.6 is 0 Å². The first kappa shape index (κ1) is 18.2. The van der Waals surface area contributed by atoms with Crippen LogP contribution in [0.3, 0.4) is 0 Å². The van der Waals surface area contributed by atoms with E-state index in [1.165, 1.54) is 0 Å². The van der Waals surface area contributed by atoms with Crippen LogP contribution < -0.4 is 10.1 Å². The second kappa shape index (κ2) is 9.33. The van der Waals surface area contributed by atoms with Crippen molar-refractivity contribution in [2.45, 2.75) is 38.5 Å². The molecule has 3 aliphatic rings. The first-order valence-electron chi connectivity index (χ1n) is 12.5. The zero-order chi connectivity index (χ0) is 25.5. The van der Waals surface area contributed by atoms with Gasteiger partial charge in [0.05, 0.1) is 23.9 Å². The van der Waals surface area contributed by atoms with Crippen molar-refractivity contribution in [1.82, 2.24) is 15.1 Å². The van der Waals surface area contributed by atoms with E-state index in [2.05, 4.69) is 10.2 Å². The van der Waals surface area contributed by atoms with E-state index in [-0.39, 0.29) is 30.7 Å². The molecule has 3 amide bonds. The van der Waals surface area contributed by atoms with Gasteiger partial charge in [0, 0.05) is 37.2 Å². The molecule has 0 spiro atoms. The minimum atomic E-state index is -2.18. The SMILES string of the molecule is [2H]C([2H])(Oc1cccc2c1CN([C@]1([2H])CCC(=O)NC1=O)C2=O)c1ccc(CN2CCOCC2)cc1. The number of hydrogen-bond donors (Lipinski definition) is 1. The quantitative estimate of drug-likeness (QED) is 0.674. The lowest BCUT2D eigenvalue weighted by molar-refractivity contribution is -0.136. The Hall–Kier alpha value is -3.23. The molecule has 172 valence electrons. The van der Waals surface area contributed by atoms with Gasteiger partial charge in [0.15, 0.2) is 0 Å². The van der Waals surface area contributed by atoms with Crippen LogP contribution in [-0.2, 0) is 34.0 Å². The van der Waals surface area contributed by atoms with Crippen molar-refractivity contribution in [2.75, 3.05) is 26.3 Å². The average Bonchev–Trinajstić information content (AvgIpc) is 3.21. The molecule has 8 nitrogen and oxygen atoms in total. The predicted octanol–water partition coefficient (Wildman–Crippen LogP) is 1.86. The fourth-order valence-electron chi connectivity index (χ4n) is 4.29. The third-order valence-electron chi connectivity index (χ3n) is 6.10. The van der Waals surface area contributed by atoms with Gasteiger partial charge in [0.25, 0.3) is 5.91 Å². The molecule has 33 heavy (non-hydrogen) atoms. The topological polar surface area (TPSA) is 88.2 Å². The fourth-order valence-corrected chi connectivity index (χ4v) is 4.29. The molecule has 3 aliphatic heterocycles. The van der Waals surface area contributed by atoms with E-state index in [0.29, 0.717) is 24.3 Å². The zero-order valence-corrected chi connectivity index (χ0v) is 18.1. The highest BCUT2D eigenvalue weighted by molar-refractivity contribution is 6.05. The van der Waals surface area contributed by atoms with Gasteiger partial charge in [-0.1, -0.05) is 30.3 Å². The molecule has 0 bridgehead atoms. The minimum absolute atomic E-state index is 0.0389. The van der Waals surface area contributed by atoms with Gasteiger partial charge in [0.2, 0.25) is 11.8 Å². The largest absolute Gasteiger partial charge is 0.489 e. The van der Waals surface area contributed by atoms with Gasteiger partial charge >= 0.3 is 0 Å². The third kappa shape index (κ3) is 4.62. The number of carbonyl (C=O) groups is 3. The van der Waals surface area contributed by atoms with Crippen LogP contribution in [0, 0.1) is 0 Å². The van der Waals surface area contributed by atoms with Crippen molar-refractivity contribution in [3.8, 4) is 5.75 Å². The number of piperidine rings is 1. The number of fused-ring (bicyclic) bond motifs is 1. The number of imide groups is 1. The third-order valence-corrected chi connectivity index (χ3v) is 6.10. The molecule has 5 rings (SSSR count). The maximum atomic E-state index is 13.1. The second-order valence-electron chi connectivity index (χ2n) is 8.29. The maximum absolute atomic E-state index is 13.1. The Morgan fingerprint density at radius 1 is 1.09 bits per heavy atom. The Morgan fingerprint density at radius 3 is 2.61 bits per heavy atom. The molecule has 0 aromatic heterocycles. The first-order valence-corrected chi connectivity index (χ1v) is 11.0. The summed E-state index contributed by atoms with van der Waals surface area (Å²) in [5, 5.41) is 2.14. The van der Waals surface area contributed by atoms with Gasteiger partial charge in [-0.15, -0.1) is 0 Å². The smallest absolute Gasteiger partial charge is 0.255 e. The summed E-state index contributed by atoms with van der Waals surface area (Å²) >= 11 is 0. The molecule has 1 atom stereocenters. The van der Waals surface area contributed by atoms with Crippen molar-refractivity contribution < 1.29 is 28.0 Å². The zero-order valence-electron chi connectivity index (χ0n) is 21.1. The molecule has 1 N–H and O–H groups in total. The van der Waals surface area contributed by atoms with Crippen LogP contribution in [0.2, 0.25) is 0 Å². The van der Waals surface area contributed by atoms with Crippen LogP contribution in [0.1, 0.15) is 44.0 Å². The Bertz CT molecular complexity index is 1200. The summed E-state index contributed by atoms with van der Waals surface area (Å²) < 4.78 is 36.9. The number of nitrogens with one attached hydrogen (secondary N) is 1. The number of morpholine rings is 1. The molecule has 2 aromatic carbocycles. The Labute approximate surface area is 196 Å². The summed E-state index contributed by atoms with van der Waals surface area (Å²) in [6.07, 6.45) is -0.145. The number of ether oxygens (including phenoxy) is 2. The first-order chi connectivity index (χ1) is 17.2. The summed E-state index contributed by atoms with van der Waals surface area (Å²) in [5.74, 6) is -1.67. The molecule has 3 heterocycles. The lowest BCUT2D eigenvalue weighted by atomic mass is 10.0. The van der Waals surface area contributed by atoms with Crippen LogP contribution in [0.25, 0.3) is 0 Å². The fraction of sp³-hybridized carbons (Fsp3) is 0.400. The van der Waals surface area contributed by atoms with E-state index < -0.39 is 30.3 Å². The number of carbonyl (C=O) groups excluding carboxylic acids is 3. The van der Waals surface area contributed by atoms with Gasteiger partial charge in [-0.3, -0.25) is 24.6 Å². The van der Waals surface area contributed by atoms with Gasteiger partial charge in [-0.2, -0.15) is 0 Å². The number of hydrogen-bond acceptors (Lipinski definition) is 6. The molecule has 8 heteroatoms. The van der Waals surface area contributed by atoms with E-state index in [9.17, 15) is 14.4 Å². The molecule has 2 saturated heterocycles. The van der Waals surface area contributed by atoms with Gasteiger partial charge in [-0.05, 0) is 29.7 Å². The summed E-state index contributed by atoms with van der Waals surface area (Å²) in [6, 6.07) is 9.93. The monoisotopic (exact) mass is 452 g/mol. The minimum Gasteiger partial charge on any atom is -0.489 e. The summed E-state index contributed by atoms with van der Waals surface area (Å²) in [6.45, 7) is 1.61. The van der Waals surface area contributed by atoms with Crippen molar-refractivity contribution in [3.05, 3.63) is 64.7 Å². The highest BCUT2D eigenvalue weighted by Crippen LogP contribution is 2.34. The molecule has 0 saturated carbocycles. The Kier molecular flexibility index (Phi) is 5.15. The van der Waals surface area contributed by atoms with Gasteiger partial charge in [0.1, 0.15) is 18.3 Å². The summed E-state index contributed by atoms with van der Waals surface area (Å²) in [5.41, 5.74) is 2.05. The predicted molar refractivity (Wildman–Crippen MR) is 119 cm³/mol. The van der Waals surface area contributed by atoms with Crippen molar-refractivity contribution in [2.24, 2.45) is 0 Å². The molecule has 0 aliphatic carbocycles. The summed E-state index contributed by atoms with van der Waals surface area (Å²) in [7, 11) is 0. The van der Waals surface area contributed by atoms with Crippen molar-refractivity contribution in [3.63, 3.8) is 0 Å². The molecular weight excluding hydrogens is 422 g/mol. The van der Waals surface area contributed by atoms with E-state index >= 15 is 0 Å². The average molecular weight is 453 g/mol. The number of nitrogens with zero attached hydrogens (tertiary/aromatic N) is 2. The van der Waals surface area contributed by atoms with Crippen LogP contribution in [0.5, 0.6) is 5.75 Å². The van der Waals surface area contributed by atoms with E-state index in [0.717, 1.165) is 30.1 Å². The molecule has 0 unspecified atom stereocenters. The highest BCUT2D eigenvalue weighted by atomic mass is 16.5. The summed E-state index contributed by atoms with van der Waals surface area (Å²) in [4.78, 5) is 40.5. The standard InChI is InChI=1S/C25H27N3O5/c29-23-9-8-21(24(30)26-23)28-15-20-19(25(28)31)2-1-3-22(20)33-16-18-6-4-17(5-7-18)14-27-10-12-32-13-11-27/h1-7,21H,8-16H2,(H,26,29,30)/t21-/m1/s1/i16D2,21D. The van der Waals surface area contributed by atoms with Crippen molar-refractivity contribution in [1.29, 1.82) is 0 Å². The Balaban J connectivity index is 1.33. The molecule has 2 fully saturated rings. The van der Waals surface area contributed by atoms with E-state index in [1.807, 2.05) is 12.1 Å². The molecule has 2 aromatic rings. The lowest BCUT2D eigenvalue weighted by Gasteiger charge is -2.29. The maximum Gasteiger partial charge on any atom is 0.255 e. The number of amides is 3. The number of rotatable bonds is 6. The second-order valence-corrected chi connectivity index (χ2v) is 8.29. The van der Waals surface area contributed by atoms with Crippen LogP contribution in [0.4, 0.5) is 0 Å². The lowest BCUT2D eigenvalue weighted by Crippen LogP contribution is -2.52. The highest BCUT2D eigenvalue weighted by Gasteiger charge is 2.40. The van der Waals surface area contributed by atoms with Crippen LogP contribution in [0.15, 0.2) is 42.5 Å². The normalized spacial score (nSPS) is 25.2. The van der Waals surface area contributed by atoms with E-state index in [4.69, 9.17) is 13.6 Å². The molecular formula is C25H27N3O5. The van der Waals surface area contributed by atoms with Gasteiger partial charge in [-0.25, -0.2) is 0 Å². The molecule has 0 radical (unpaired) electrons. The van der Waals surface area contributed by atoms with Gasteiger partial charge < -0.3 is 14.4 Å². The van der Waals surface area contributed by atoms with Crippen LogP contribution in [-0.4, -0.2) is 59.8 Å². The van der Waals surface area contributed by atoms with E-state index in [1.54, 1.807) is 30.3 Å². The Morgan fingerprint density at radius 2 is 1.85 bits per heavy atom. The number of benzene rings is 2.